The van der Waals surface area contributed by atoms with Crippen LogP contribution < -0.4 is 5.73 Å². The Morgan fingerprint density at radius 3 is 3.06 bits per heavy atom. The molecule has 18 heavy (non-hydrogen) atoms. The first kappa shape index (κ1) is 12.8. The van der Waals surface area contributed by atoms with Crippen molar-refractivity contribution in [3.63, 3.8) is 0 Å². The first-order chi connectivity index (χ1) is 8.61. The van der Waals surface area contributed by atoms with Crippen molar-refractivity contribution in [3.05, 3.63) is 29.6 Å². The largest absolute Gasteiger partial charge is 0.399 e. The smallest absolute Gasteiger partial charge is 0.256 e. The highest BCUT2D eigenvalue weighted by Gasteiger charge is 2.25. The molecule has 1 saturated heterocycles. The Morgan fingerprint density at radius 1 is 1.56 bits per heavy atom. The summed E-state index contributed by atoms with van der Waals surface area (Å²) in [4.78, 5) is 13.8. The Balaban J connectivity index is 2.17. The molecule has 1 aromatic rings. The van der Waals surface area contributed by atoms with Gasteiger partial charge in [0.15, 0.2) is 0 Å². The zero-order valence-corrected chi connectivity index (χ0v) is 10.1. The SMILES string of the molecule is Nc1ccc(F)c(C(=O)N2CCCC(CO)C2)c1. The quantitative estimate of drug-likeness (QED) is 0.778. The molecule has 1 atom stereocenters. The van der Waals surface area contributed by atoms with Crippen LogP contribution in [0.5, 0.6) is 0 Å². The van der Waals surface area contributed by atoms with E-state index in [0.29, 0.717) is 18.8 Å². The van der Waals surface area contributed by atoms with Crippen molar-refractivity contribution >= 4 is 11.6 Å². The normalized spacial score (nSPS) is 19.9. The first-order valence-electron chi connectivity index (χ1n) is 6.07. The number of benzene rings is 1. The van der Waals surface area contributed by atoms with E-state index < -0.39 is 5.82 Å². The average molecular weight is 252 g/mol. The molecule has 1 aromatic carbocycles. The van der Waals surface area contributed by atoms with Crippen LogP contribution in [0.3, 0.4) is 0 Å². The van der Waals surface area contributed by atoms with Crippen LogP contribution in [-0.2, 0) is 0 Å². The molecule has 2 rings (SSSR count). The third kappa shape index (κ3) is 2.61. The molecule has 0 aromatic heterocycles. The number of anilines is 1. The lowest BCUT2D eigenvalue weighted by atomic mass is 9.98. The minimum atomic E-state index is -0.555. The van der Waals surface area contributed by atoms with Gasteiger partial charge in [0.25, 0.3) is 5.91 Å². The topological polar surface area (TPSA) is 66.6 Å². The highest BCUT2D eigenvalue weighted by molar-refractivity contribution is 5.95. The van der Waals surface area contributed by atoms with Crippen molar-refractivity contribution in [2.45, 2.75) is 12.8 Å². The Kier molecular flexibility index (Phi) is 3.81. The van der Waals surface area contributed by atoms with Gasteiger partial charge in [-0.3, -0.25) is 4.79 Å². The summed E-state index contributed by atoms with van der Waals surface area (Å²) in [6.07, 6.45) is 1.74. The molecule has 1 heterocycles. The molecule has 0 aliphatic carbocycles. The Bertz CT molecular complexity index is 451. The number of carbonyl (C=O) groups is 1. The second kappa shape index (κ2) is 5.35. The number of nitrogen functional groups attached to an aromatic ring is 1. The van der Waals surface area contributed by atoms with E-state index in [9.17, 15) is 9.18 Å². The van der Waals surface area contributed by atoms with Gasteiger partial charge in [0.05, 0.1) is 5.56 Å². The van der Waals surface area contributed by atoms with E-state index in [1.54, 1.807) is 4.90 Å². The standard InChI is InChI=1S/C13H17FN2O2/c14-12-4-3-10(15)6-11(12)13(18)16-5-1-2-9(7-16)8-17/h3-4,6,9,17H,1-2,5,7-8,15H2. The van der Waals surface area contributed by atoms with Gasteiger partial charge in [0.1, 0.15) is 5.82 Å². The van der Waals surface area contributed by atoms with Crippen molar-refractivity contribution in [1.82, 2.24) is 4.90 Å². The maximum Gasteiger partial charge on any atom is 0.256 e. The van der Waals surface area contributed by atoms with Crippen LogP contribution in [0.2, 0.25) is 0 Å². The number of amides is 1. The summed E-state index contributed by atoms with van der Waals surface area (Å²) in [5, 5.41) is 9.13. The molecule has 1 unspecified atom stereocenters. The van der Waals surface area contributed by atoms with Crippen LogP contribution in [0.25, 0.3) is 0 Å². The van der Waals surface area contributed by atoms with Crippen molar-refractivity contribution < 1.29 is 14.3 Å². The molecule has 0 radical (unpaired) electrons. The van der Waals surface area contributed by atoms with Gasteiger partial charge in [-0.1, -0.05) is 0 Å². The molecule has 0 spiro atoms. The third-order valence-corrected chi connectivity index (χ3v) is 3.29. The van der Waals surface area contributed by atoms with Gasteiger partial charge in [-0.25, -0.2) is 4.39 Å². The third-order valence-electron chi connectivity index (χ3n) is 3.29. The number of aliphatic hydroxyl groups excluding tert-OH is 1. The molecule has 0 bridgehead atoms. The fourth-order valence-corrected chi connectivity index (χ4v) is 2.28. The molecular weight excluding hydrogens is 235 g/mol. The molecule has 1 aliphatic rings. The summed E-state index contributed by atoms with van der Waals surface area (Å²) < 4.78 is 13.6. The summed E-state index contributed by atoms with van der Waals surface area (Å²) in [5.41, 5.74) is 5.95. The van der Waals surface area contributed by atoms with Gasteiger partial charge in [0, 0.05) is 25.4 Å². The monoisotopic (exact) mass is 252 g/mol. The lowest BCUT2D eigenvalue weighted by Crippen LogP contribution is -2.41. The average Bonchev–Trinajstić information content (AvgIpc) is 2.41. The maximum absolute atomic E-state index is 13.6. The summed E-state index contributed by atoms with van der Waals surface area (Å²) in [7, 11) is 0. The number of likely N-dealkylation sites (tertiary alicyclic amines) is 1. The van der Waals surface area contributed by atoms with Gasteiger partial charge >= 0.3 is 0 Å². The number of nitrogens with zero attached hydrogens (tertiary/aromatic N) is 1. The number of halogens is 1. The van der Waals surface area contributed by atoms with Crippen LogP contribution in [0.4, 0.5) is 10.1 Å². The molecular formula is C13H17FN2O2. The summed E-state index contributed by atoms with van der Waals surface area (Å²) in [6.45, 7) is 1.14. The van der Waals surface area contributed by atoms with Crippen molar-refractivity contribution in [2.24, 2.45) is 5.92 Å². The van der Waals surface area contributed by atoms with Crippen LogP contribution in [0.1, 0.15) is 23.2 Å². The number of piperidine rings is 1. The number of aliphatic hydroxyl groups is 1. The lowest BCUT2D eigenvalue weighted by molar-refractivity contribution is 0.0616. The van der Waals surface area contributed by atoms with Gasteiger partial charge in [-0.05, 0) is 37.0 Å². The van der Waals surface area contributed by atoms with E-state index >= 15 is 0 Å². The minimum Gasteiger partial charge on any atom is -0.399 e. The van der Waals surface area contributed by atoms with E-state index in [-0.39, 0.29) is 24.0 Å². The van der Waals surface area contributed by atoms with Crippen LogP contribution in [-0.4, -0.2) is 35.6 Å². The summed E-state index contributed by atoms with van der Waals surface area (Å²) in [5.74, 6) is -0.815. The van der Waals surface area contributed by atoms with Gasteiger partial charge in [-0.2, -0.15) is 0 Å². The molecule has 3 N–H and O–H groups in total. The number of rotatable bonds is 2. The first-order valence-corrected chi connectivity index (χ1v) is 6.07. The Labute approximate surface area is 105 Å². The zero-order valence-electron chi connectivity index (χ0n) is 10.1. The molecule has 5 heteroatoms. The maximum atomic E-state index is 13.6. The van der Waals surface area contributed by atoms with E-state index in [1.165, 1.54) is 18.2 Å². The minimum absolute atomic E-state index is 0.00795. The van der Waals surface area contributed by atoms with E-state index in [1.807, 2.05) is 0 Å². The number of nitrogens with two attached hydrogens (primary N) is 1. The van der Waals surface area contributed by atoms with Gasteiger partial charge < -0.3 is 15.7 Å². The van der Waals surface area contributed by atoms with E-state index in [0.717, 1.165) is 12.8 Å². The van der Waals surface area contributed by atoms with Crippen LogP contribution in [0, 0.1) is 11.7 Å². The molecule has 98 valence electrons. The van der Waals surface area contributed by atoms with Crippen LogP contribution >= 0.6 is 0 Å². The Hall–Kier alpha value is -1.62. The molecule has 1 amide bonds. The molecule has 4 nitrogen and oxygen atoms in total. The Morgan fingerprint density at radius 2 is 2.33 bits per heavy atom. The zero-order chi connectivity index (χ0) is 13.1. The lowest BCUT2D eigenvalue weighted by Gasteiger charge is -2.32. The fourth-order valence-electron chi connectivity index (χ4n) is 2.28. The summed E-state index contributed by atoms with van der Waals surface area (Å²) >= 11 is 0. The highest BCUT2D eigenvalue weighted by Crippen LogP contribution is 2.20. The van der Waals surface area contributed by atoms with Crippen molar-refractivity contribution in [3.8, 4) is 0 Å². The highest BCUT2D eigenvalue weighted by atomic mass is 19.1. The molecule has 1 fully saturated rings. The van der Waals surface area contributed by atoms with Gasteiger partial charge in [-0.15, -0.1) is 0 Å². The van der Waals surface area contributed by atoms with Crippen LogP contribution in [0.15, 0.2) is 18.2 Å². The van der Waals surface area contributed by atoms with Gasteiger partial charge in [0.2, 0.25) is 0 Å². The second-order valence-corrected chi connectivity index (χ2v) is 4.68. The summed E-state index contributed by atoms with van der Waals surface area (Å²) in [6, 6.07) is 4.00. The second-order valence-electron chi connectivity index (χ2n) is 4.68. The predicted molar refractivity (Wildman–Crippen MR) is 66.5 cm³/mol. The number of hydrogen-bond donors (Lipinski definition) is 2. The van der Waals surface area contributed by atoms with E-state index in [2.05, 4.69) is 0 Å². The van der Waals surface area contributed by atoms with E-state index in [4.69, 9.17) is 10.8 Å². The fraction of sp³-hybridized carbons (Fsp3) is 0.462. The van der Waals surface area contributed by atoms with Crippen molar-refractivity contribution in [1.29, 1.82) is 0 Å². The number of hydrogen-bond acceptors (Lipinski definition) is 3. The number of carbonyl (C=O) groups excluding carboxylic acids is 1. The molecule has 0 saturated carbocycles. The van der Waals surface area contributed by atoms with Crippen molar-refractivity contribution in [2.75, 3.05) is 25.4 Å². The molecule has 1 aliphatic heterocycles. The predicted octanol–water partition coefficient (Wildman–Crippen LogP) is 1.25.